The van der Waals surface area contributed by atoms with Gasteiger partial charge in [-0.1, -0.05) is 29.8 Å². The highest BCUT2D eigenvalue weighted by atomic mass is 16.5. The van der Waals surface area contributed by atoms with Crippen molar-refractivity contribution in [1.82, 2.24) is 10.4 Å². The number of nitrogens with zero attached hydrogens (tertiary/aromatic N) is 1. The van der Waals surface area contributed by atoms with Gasteiger partial charge in [-0.05, 0) is 25.1 Å². The van der Waals surface area contributed by atoms with Crippen LogP contribution < -0.4 is 14.9 Å². The average Bonchev–Trinajstić information content (AvgIpc) is 3.17. The maximum absolute atomic E-state index is 12.5. The summed E-state index contributed by atoms with van der Waals surface area (Å²) < 4.78 is 15.4. The first kappa shape index (κ1) is 22.8. The molecule has 2 aromatic carbocycles. The maximum atomic E-state index is 12.5. The summed E-state index contributed by atoms with van der Waals surface area (Å²) in [6.45, 7) is 1.45. The number of carbonyl (C=O) groups is 4. The average molecular weight is 440 g/mol. The lowest BCUT2D eigenvalue weighted by molar-refractivity contribution is -0.147. The summed E-state index contributed by atoms with van der Waals surface area (Å²) in [4.78, 5) is 49.3. The summed E-state index contributed by atoms with van der Waals surface area (Å²) in [7, 11) is 2.93. The molecule has 0 spiro atoms. The fourth-order valence-electron chi connectivity index (χ4n) is 3.22. The monoisotopic (exact) mass is 440 g/mol. The Kier molecular flexibility index (Phi) is 7.09. The number of methoxy groups -OCH3 is 2. The number of hydrazine groups is 1. The molecule has 1 fully saturated rings. The van der Waals surface area contributed by atoms with Gasteiger partial charge in [-0.2, -0.15) is 0 Å². The number of hydrogen-bond donors (Lipinski definition) is 1. The molecule has 1 heterocycles. The number of aryl methyl sites for hydroxylation is 1. The van der Waals surface area contributed by atoms with Crippen LogP contribution in [-0.4, -0.2) is 55.9 Å². The Hall–Kier alpha value is -3.88. The van der Waals surface area contributed by atoms with Crippen LogP contribution in [0.3, 0.4) is 0 Å². The van der Waals surface area contributed by atoms with Gasteiger partial charge < -0.3 is 14.2 Å². The number of esters is 1. The van der Waals surface area contributed by atoms with Gasteiger partial charge in [0.2, 0.25) is 5.91 Å². The minimum atomic E-state index is -0.779. The van der Waals surface area contributed by atoms with Crippen molar-refractivity contribution in [3.05, 3.63) is 59.2 Å². The zero-order valence-electron chi connectivity index (χ0n) is 18.0. The van der Waals surface area contributed by atoms with E-state index in [1.807, 2.05) is 6.92 Å². The summed E-state index contributed by atoms with van der Waals surface area (Å²) in [5.74, 6) is -1.91. The van der Waals surface area contributed by atoms with E-state index in [4.69, 9.17) is 14.2 Å². The summed E-state index contributed by atoms with van der Waals surface area (Å²) in [6.07, 6.45) is -0.121. The minimum Gasteiger partial charge on any atom is -0.493 e. The lowest BCUT2D eigenvalue weighted by Crippen LogP contribution is -2.43. The van der Waals surface area contributed by atoms with Crippen LogP contribution in [0.2, 0.25) is 0 Å². The molecule has 9 nitrogen and oxygen atoms in total. The standard InChI is InChI=1S/C23H24N2O7/c1-14-4-6-15(7-5-14)18(26)13-32-23(29)17-11-21(27)25(12-17)24-22(28)16-8-9-19(30-2)20(10-16)31-3/h4-10,17H,11-13H2,1-3H3,(H,24,28). The molecule has 1 atom stereocenters. The number of rotatable bonds is 8. The zero-order valence-corrected chi connectivity index (χ0v) is 18.0. The molecule has 0 aromatic heterocycles. The fourth-order valence-corrected chi connectivity index (χ4v) is 3.22. The molecule has 3 rings (SSSR count). The van der Waals surface area contributed by atoms with Gasteiger partial charge in [0.25, 0.3) is 5.91 Å². The third-order valence-electron chi connectivity index (χ3n) is 5.06. The highest BCUT2D eigenvalue weighted by Gasteiger charge is 2.36. The van der Waals surface area contributed by atoms with E-state index >= 15 is 0 Å². The van der Waals surface area contributed by atoms with Gasteiger partial charge in [0.1, 0.15) is 0 Å². The first-order chi connectivity index (χ1) is 15.3. The maximum Gasteiger partial charge on any atom is 0.311 e. The Balaban J connectivity index is 1.55. The van der Waals surface area contributed by atoms with Gasteiger partial charge in [-0.15, -0.1) is 0 Å². The SMILES string of the molecule is COc1ccc(C(=O)NN2CC(C(=O)OCC(=O)c3ccc(C)cc3)CC2=O)cc1OC. The number of Topliss-reactive ketones (excluding diaryl/α,β-unsaturated/α-hetero) is 1. The fraction of sp³-hybridized carbons (Fsp3) is 0.304. The van der Waals surface area contributed by atoms with Crippen molar-refractivity contribution >= 4 is 23.6 Å². The molecule has 0 radical (unpaired) electrons. The second-order valence-corrected chi connectivity index (χ2v) is 7.31. The quantitative estimate of drug-likeness (QED) is 0.493. The van der Waals surface area contributed by atoms with E-state index in [2.05, 4.69) is 5.43 Å². The molecule has 9 heteroatoms. The van der Waals surface area contributed by atoms with Crippen molar-refractivity contribution in [2.45, 2.75) is 13.3 Å². The van der Waals surface area contributed by atoms with Crippen LogP contribution in [0, 0.1) is 12.8 Å². The number of ketones is 1. The first-order valence-corrected chi connectivity index (χ1v) is 9.92. The van der Waals surface area contributed by atoms with E-state index in [9.17, 15) is 19.2 Å². The van der Waals surface area contributed by atoms with Gasteiger partial charge in [0.15, 0.2) is 23.9 Å². The highest BCUT2D eigenvalue weighted by Crippen LogP contribution is 2.27. The second-order valence-electron chi connectivity index (χ2n) is 7.31. The molecule has 168 valence electrons. The molecule has 2 aromatic rings. The summed E-state index contributed by atoms with van der Waals surface area (Å²) in [6, 6.07) is 11.5. The molecule has 1 unspecified atom stereocenters. The zero-order chi connectivity index (χ0) is 23.3. The van der Waals surface area contributed by atoms with Gasteiger partial charge in [0, 0.05) is 17.5 Å². The minimum absolute atomic E-state index is 0.0462. The molecular weight excluding hydrogens is 416 g/mol. The van der Waals surface area contributed by atoms with Crippen molar-refractivity contribution < 1.29 is 33.4 Å². The normalized spacial score (nSPS) is 15.3. The Morgan fingerprint density at radius 3 is 2.31 bits per heavy atom. The summed E-state index contributed by atoms with van der Waals surface area (Å²) >= 11 is 0. The predicted molar refractivity (Wildman–Crippen MR) is 113 cm³/mol. The molecule has 1 saturated heterocycles. The van der Waals surface area contributed by atoms with Crippen molar-refractivity contribution in [1.29, 1.82) is 0 Å². The summed E-state index contributed by atoms with van der Waals surface area (Å²) in [5, 5.41) is 1.08. The van der Waals surface area contributed by atoms with E-state index < -0.39 is 30.3 Å². The Labute approximate surface area is 185 Å². The molecule has 0 saturated carbocycles. The Bertz CT molecular complexity index is 1030. The molecule has 0 bridgehead atoms. The first-order valence-electron chi connectivity index (χ1n) is 9.92. The van der Waals surface area contributed by atoms with Crippen LogP contribution in [0.1, 0.15) is 32.7 Å². The van der Waals surface area contributed by atoms with Crippen molar-refractivity contribution in [2.24, 2.45) is 5.92 Å². The Morgan fingerprint density at radius 1 is 1.00 bits per heavy atom. The third-order valence-corrected chi connectivity index (χ3v) is 5.06. The van der Waals surface area contributed by atoms with Crippen LogP contribution in [0.5, 0.6) is 11.5 Å². The van der Waals surface area contributed by atoms with E-state index in [1.54, 1.807) is 30.3 Å². The lowest BCUT2D eigenvalue weighted by Gasteiger charge is -2.18. The van der Waals surface area contributed by atoms with Crippen LogP contribution in [0.15, 0.2) is 42.5 Å². The van der Waals surface area contributed by atoms with E-state index in [0.717, 1.165) is 10.6 Å². The van der Waals surface area contributed by atoms with Gasteiger partial charge >= 0.3 is 5.97 Å². The number of amides is 2. The highest BCUT2D eigenvalue weighted by molar-refractivity contribution is 5.99. The molecule has 32 heavy (non-hydrogen) atoms. The lowest BCUT2D eigenvalue weighted by atomic mass is 10.1. The topological polar surface area (TPSA) is 111 Å². The molecule has 1 aliphatic rings. The van der Waals surface area contributed by atoms with Crippen LogP contribution in [0.4, 0.5) is 0 Å². The van der Waals surface area contributed by atoms with Crippen molar-refractivity contribution in [2.75, 3.05) is 27.4 Å². The number of carbonyl (C=O) groups excluding carboxylic acids is 4. The number of ether oxygens (including phenoxy) is 3. The van der Waals surface area contributed by atoms with Gasteiger partial charge in [0.05, 0.1) is 26.7 Å². The smallest absolute Gasteiger partial charge is 0.311 e. The molecular formula is C23H24N2O7. The van der Waals surface area contributed by atoms with Crippen molar-refractivity contribution in [3.8, 4) is 11.5 Å². The number of hydrogen-bond acceptors (Lipinski definition) is 7. The van der Waals surface area contributed by atoms with Crippen LogP contribution >= 0.6 is 0 Å². The van der Waals surface area contributed by atoms with E-state index in [-0.39, 0.29) is 24.3 Å². The second kappa shape index (κ2) is 9.95. The third kappa shape index (κ3) is 5.23. The van der Waals surface area contributed by atoms with Gasteiger partial charge in [-0.3, -0.25) is 29.6 Å². The van der Waals surface area contributed by atoms with Gasteiger partial charge in [-0.25, -0.2) is 0 Å². The van der Waals surface area contributed by atoms with Crippen molar-refractivity contribution in [3.63, 3.8) is 0 Å². The molecule has 0 aliphatic carbocycles. The largest absolute Gasteiger partial charge is 0.493 e. The molecule has 1 N–H and O–H groups in total. The number of benzene rings is 2. The van der Waals surface area contributed by atoms with Crippen LogP contribution in [-0.2, 0) is 14.3 Å². The number of nitrogens with one attached hydrogen (secondary N) is 1. The van der Waals surface area contributed by atoms with Crippen LogP contribution in [0.25, 0.3) is 0 Å². The predicted octanol–water partition coefficient (Wildman–Crippen LogP) is 1.93. The summed E-state index contributed by atoms with van der Waals surface area (Å²) in [5.41, 5.74) is 4.19. The Morgan fingerprint density at radius 2 is 1.66 bits per heavy atom. The van der Waals surface area contributed by atoms with E-state index in [1.165, 1.54) is 26.4 Å². The molecule has 1 aliphatic heterocycles. The molecule has 2 amide bonds. The van der Waals surface area contributed by atoms with E-state index in [0.29, 0.717) is 17.1 Å².